The van der Waals surface area contributed by atoms with E-state index < -0.39 is 6.17 Å². The van der Waals surface area contributed by atoms with E-state index in [2.05, 4.69) is 73.4 Å². The largest absolute Gasteiger partial charge is 0.247 e. The van der Waals surface area contributed by atoms with E-state index in [1.165, 1.54) is 44.9 Å². The zero-order valence-electron chi connectivity index (χ0n) is 19.0. The molecule has 3 heteroatoms. The Balaban J connectivity index is 2.23. The van der Waals surface area contributed by atoms with Crippen molar-refractivity contribution in [1.82, 2.24) is 0 Å². The lowest BCUT2D eigenvalue weighted by atomic mass is 9.65. The van der Waals surface area contributed by atoms with Crippen LogP contribution in [0.15, 0.2) is 0 Å². The molecule has 0 aromatic rings. The van der Waals surface area contributed by atoms with Gasteiger partial charge in [-0.2, -0.15) is 0 Å². The lowest BCUT2D eigenvalue weighted by Gasteiger charge is -2.46. The highest BCUT2D eigenvalue weighted by atomic mass is 127. The second-order valence-corrected chi connectivity index (χ2v) is 14.4. The van der Waals surface area contributed by atoms with Crippen molar-refractivity contribution >= 4 is 31.8 Å². The van der Waals surface area contributed by atoms with Gasteiger partial charge >= 0.3 is 0 Å². The number of hydrogen-bond donors (Lipinski definition) is 0. The Morgan fingerprint density at radius 1 is 1.00 bits per heavy atom. The summed E-state index contributed by atoms with van der Waals surface area (Å²) in [4.78, 5) is 0. The van der Waals surface area contributed by atoms with Gasteiger partial charge in [-0.3, -0.25) is 0 Å². The fourth-order valence-electron chi connectivity index (χ4n) is 5.63. The molecule has 2 rings (SSSR count). The lowest BCUT2D eigenvalue weighted by molar-refractivity contribution is 0.0415. The summed E-state index contributed by atoms with van der Waals surface area (Å²) in [5.41, 5.74) is 0.928. The van der Waals surface area contributed by atoms with Gasteiger partial charge in [0, 0.05) is 8.84 Å². The average Bonchev–Trinajstić information content (AvgIpc) is 3.36. The minimum absolute atomic E-state index is 0.198. The van der Waals surface area contributed by atoms with E-state index in [9.17, 15) is 4.39 Å². The van der Waals surface area contributed by atoms with E-state index in [-0.39, 0.29) is 8.84 Å². The van der Waals surface area contributed by atoms with Crippen molar-refractivity contribution in [2.45, 2.75) is 115 Å². The molecule has 0 spiro atoms. The van der Waals surface area contributed by atoms with Crippen molar-refractivity contribution in [3.05, 3.63) is 0 Å². The van der Waals surface area contributed by atoms with Crippen LogP contribution in [0.3, 0.4) is 0 Å². The summed E-state index contributed by atoms with van der Waals surface area (Å²) in [6.45, 7) is 16.2. The second-order valence-electron chi connectivity index (χ2n) is 11.1. The molecule has 2 saturated carbocycles. The Bertz CT molecular complexity index is 491. The van der Waals surface area contributed by atoms with E-state index in [1.54, 1.807) is 0 Å². The number of rotatable bonds is 2. The quantitative estimate of drug-likeness (QED) is 0.199. The topological polar surface area (TPSA) is 0 Å². The Kier molecular flexibility index (Phi) is 8.18. The van der Waals surface area contributed by atoms with Crippen LogP contribution < -0.4 is 0 Å². The molecule has 160 valence electrons. The van der Waals surface area contributed by atoms with Gasteiger partial charge in [0.2, 0.25) is 0 Å². The zero-order valence-corrected chi connectivity index (χ0v) is 22.3. The smallest absolute Gasteiger partial charge is 0.103 e. The fourth-order valence-corrected chi connectivity index (χ4v) is 7.44. The first-order chi connectivity index (χ1) is 12.3. The minimum Gasteiger partial charge on any atom is -0.247 e. The Labute approximate surface area is 185 Å². The highest BCUT2D eigenvalue weighted by Crippen LogP contribution is 2.61. The van der Waals surface area contributed by atoms with E-state index in [4.69, 9.17) is 0 Å². The van der Waals surface area contributed by atoms with Crippen LogP contribution in [0.2, 0.25) is 0 Å². The van der Waals surface area contributed by atoms with Crippen LogP contribution in [0.1, 0.15) is 99.8 Å². The molecule has 0 nitrogen and oxygen atoms in total. The molecule has 10 atom stereocenters. The normalized spacial score (nSPS) is 49.6. The third kappa shape index (κ3) is 5.42. The third-order valence-corrected chi connectivity index (χ3v) is 11.7. The Morgan fingerprint density at radius 3 is 2.15 bits per heavy atom. The lowest BCUT2D eigenvalue weighted by Crippen LogP contribution is -2.45. The predicted octanol–water partition coefficient (Wildman–Crippen LogP) is 8.47. The van der Waals surface area contributed by atoms with Gasteiger partial charge in [-0.15, -0.1) is 9.24 Å². The summed E-state index contributed by atoms with van der Waals surface area (Å²) in [6, 6.07) is 0. The van der Waals surface area contributed by atoms with Gasteiger partial charge in [-0.25, -0.2) is 4.39 Å². The van der Waals surface area contributed by atoms with E-state index >= 15 is 0 Å². The number of halogens is 2. The van der Waals surface area contributed by atoms with Gasteiger partial charge in [0.1, 0.15) is 6.17 Å². The van der Waals surface area contributed by atoms with Gasteiger partial charge in [0.25, 0.3) is 0 Å². The molecule has 4 unspecified atom stereocenters. The number of fused-ring (bicyclic) bond motifs is 1. The van der Waals surface area contributed by atoms with Crippen LogP contribution in [0.25, 0.3) is 0 Å². The van der Waals surface area contributed by atoms with E-state index in [0.717, 1.165) is 24.2 Å². The molecular weight excluding hydrogens is 465 g/mol. The molecule has 0 N–H and O–H groups in total. The monoisotopic (exact) mass is 510 g/mol. The van der Waals surface area contributed by atoms with Gasteiger partial charge in [0.05, 0.1) is 0 Å². The molecule has 0 aromatic carbocycles. The maximum atomic E-state index is 14.9. The summed E-state index contributed by atoms with van der Waals surface area (Å²) >= 11 is 2.71. The molecule has 0 aromatic heterocycles. The first kappa shape index (κ1) is 24.4. The minimum atomic E-state index is -0.733. The van der Waals surface area contributed by atoms with Gasteiger partial charge in [0.15, 0.2) is 0 Å². The second kappa shape index (κ2) is 9.07. The molecule has 2 aliphatic rings. The molecular formula is C24H45FIP. The summed E-state index contributed by atoms with van der Waals surface area (Å²) in [5.74, 6) is 2.80. The summed E-state index contributed by atoms with van der Waals surface area (Å²) < 4.78 is 15.1. The van der Waals surface area contributed by atoms with Gasteiger partial charge in [-0.05, 0) is 80.7 Å². The summed E-state index contributed by atoms with van der Waals surface area (Å²) in [7, 11) is 3.10. The maximum Gasteiger partial charge on any atom is 0.103 e. The molecule has 2 fully saturated rings. The average molecular weight is 511 g/mol. The third-order valence-electron chi connectivity index (χ3n) is 9.20. The summed E-state index contributed by atoms with van der Waals surface area (Å²) in [5, 5.41) is 0. The van der Waals surface area contributed by atoms with E-state index in [0.29, 0.717) is 17.0 Å². The van der Waals surface area contributed by atoms with Crippen LogP contribution in [0, 0.1) is 34.5 Å². The molecule has 27 heavy (non-hydrogen) atoms. The van der Waals surface area contributed by atoms with Crippen LogP contribution in [-0.2, 0) is 0 Å². The molecule has 0 bridgehead atoms. The van der Waals surface area contributed by atoms with Crippen molar-refractivity contribution in [3.63, 3.8) is 0 Å². The van der Waals surface area contributed by atoms with Crippen LogP contribution in [0.5, 0.6) is 0 Å². The molecule has 0 radical (unpaired) electrons. The molecule has 0 aliphatic heterocycles. The summed E-state index contributed by atoms with van der Waals surface area (Å²) in [6.07, 6.45) is 9.45. The van der Waals surface area contributed by atoms with E-state index in [1.807, 2.05) is 6.92 Å². The van der Waals surface area contributed by atoms with Crippen LogP contribution >= 0.6 is 31.8 Å². The van der Waals surface area contributed by atoms with Crippen molar-refractivity contribution in [2.75, 3.05) is 0 Å². The molecule has 0 saturated heterocycles. The van der Waals surface area contributed by atoms with Crippen molar-refractivity contribution < 1.29 is 4.39 Å². The standard InChI is InChI=1S/C24H45FIP/c1-16-9-8-12-23(6,18(3)25)17(2)24(7,26)21-15-20(21)11-14-22(5,13-10-16)19(4)27/h16-21H,8-15,27H2,1-7H3/t16-,17-,18-,19+,20+,21?,22?,23-,24?/m1/s1. The van der Waals surface area contributed by atoms with Gasteiger partial charge in [-0.1, -0.05) is 76.5 Å². The predicted molar refractivity (Wildman–Crippen MR) is 131 cm³/mol. The maximum absolute atomic E-state index is 14.9. The molecule has 0 heterocycles. The zero-order chi connectivity index (χ0) is 20.6. The molecule has 2 aliphatic carbocycles. The molecule has 0 amide bonds. The Morgan fingerprint density at radius 2 is 1.59 bits per heavy atom. The fraction of sp³-hybridized carbons (Fsp3) is 1.00. The SMILES string of the molecule is C[C@@H]1CCC[C@@](C)([C@@H](C)F)[C@@H](C)C(C)(I)C2C[C@@H]2CCC(C)([C@H](C)P)CC1. The van der Waals surface area contributed by atoms with Crippen LogP contribution in [0.4, 0.5) is 4.39 Å². The van der Waals surface area contributed by atoms with Crippen molar-refractivity contribution in [1.29, 1.82) is 0 Å². The van der Waals surface area contributed by atoms with Gasteiger partial charge < -0.3 is 0 Å². The van der Waals surface area contributed by atoms with Crippen LogP contribution in [-0.4, -0.2) is 15.3 Å². The number of hydrogen-bond acceptors (Lipinski definition) is 0. The Hall–Kier alpha value is 1.09. The van der Waals surface area contributed by atoms with Crippen molar-refractivity contribution in [2.24, 2.45) is 34.5 Å². The highest BCUT2D eigenvalue weighted by molar-refractivity contribution is 14.1. The highest BCUT2D eigenvalue weighted by Gasteiger charge is 2.55. The number of alkyl halides is 2. The first-order valence-electron chi connectivity index (χ1n) is 11.4. The van der Waals surface area contributed by atoms with Crippen molar-refractivity contribution in [3.8, 4) is 0 Å². The first-order valence-corrected chi connectivity index (χ1v) is 13.2.